The predicted octanol–water partition coefficient (Wildman–Crippen LogP) is 4.46. The molecule has 2 heterocycles. The molecule has 0 unspecified atom stereocenters. The number of carbonyl (C=O) groups excluding carboxylic acids is 1. The molecule has 1 saturated carbocycles. The van der Waals surface area contributed by atoms with Gasteiger partial charge < -0.3 is 4.74 Å². The van der Waals surface area contributed by atoms with Crippen molar-refractivity contribution in [2.75, 3.05) is 5.32 Å². The summed E-state index contributed by atoms with van der Waals surface area (Å²) in [7, 11) is 0. The molecule has 0 radical (unpaired) electrons. The summed E-state index contributed by atoms with van der Waals surface area (Å²) in [6.07, 6.45) is 4.06. The van der Waals surface area contributed by atoms with Gasteiger partial charge >= 0.3 is 0 Å². The maximum atomic E-state index is 12.4. The van der Waals surface area contributed by atoms with Crippen LogP contribution in [0.1, 0.15) is 34.8 Å². The Morgan fingerprint density at radius 1 is 1.21 bits per heavy atom. The summed E-state index contributed by atoms with van der Waals surface area (Å²) in [5.74, 6) is 1.45. The molecule has 2 aromatic heterocycles. The summed E-state index contributed by atoms with van der Waals surface area (Å²) in [5.41, 5.74) is 1.61. The molecule has 0 saturated heterocycles. The number of hydrogen-bond donors (Lipinski definition) is 1. The van der Waals surface area contributed by atoms with Crippen molar-refractivity contribution in [1.29, 1.82) is 0 Å². The van der Waals surface area contributed by atoms with E-state index in [0.29, 0.717) is 28.2 Å². The number of thiazole rings is 1. The van der Waals surface area contributed by atoms with E-state index in [1.807, 2.05) is 17.5 Å². The fourth-order valence-electron chi connectivity index (χ4n) is 2.31. The van der Waals surface area contributed by atoms with E-state index in [-0.39, 0.29) is 5.91 Å². The first-order valence-corrected chi connectivity index (χ1v) is 8.61. The topological polar surface area (TPSA) is 64.1 Å². The second-order valence-electron chi connectivity index (χ2n) is 5.60. The number of benzene rings is 1. The standard InChI is InChI=1S/C18H15N3O2S/c22-17(21-18-20-15(11-24-18)12-7-8-12)13-4-3-5-14(10-13)23-16-6-1-2-9-19-16/h1-6,9-12H,7-8H2,(H,20,21,22). The van der Waals surface area contributed by atoms with Crippen LogP contribution in [-0.2, 0) is 0 Å². The fourth-order valence-corrected chi connectivity index (χ4v) is 3.10. The van der Waals surface area contributed by atoms with Crippen molar-refractivity contribution in [2.24, 2.45) is 0 Å². The van der Waals surface area contributed by atoms with Crippen molar-refractivity contribution in [3.05, 3.63) is 65.3 Å². The molecule has 120 valence electrons. The van der Waals surface area contributed by atoms with Gasteiger partial charge in [-0.25, -0.2) is 9.97 Å². The molecule has 3 aromatic rings. The third kappa shape index (κ3) is 3.44. The van der Waals surface area contributed by atoms with E-state index in [9.17, 15) is 4.79 Å². The van der Waals surface area contributed by atoms with Gasteiger partial charge in [-0.1, -0.05) is 12.1 Å². The van der Waals surface area contributed by atoms with Crippen LogP contribution in [0.3, 0.4) is 0 Å². The average molecular weight is 337 g/mol. The summed E-state index contributed by atoms with van der Waals surface area (Å²) < 4.78 is 5.66. The van der Waals surface area contributed by atoms with Gasteiger partial charge in [0.05, 0.1) is 5.69 Å². The minimum Gasteiger partial charge on any atom is -0.439 e. The van der Waals surface area contributed by atoms with E-state index in [4.69, 9.17) is 4.74 Å². The van der Waals surface area contributed by atoms with Gasteiger partial charge in [-0.05, 0) is 37.1 Å². The second-order valence-corrected chi connectivity index (χ2v) is 6.46. The van der Waals surface area contributed by atoms with Gasteiger partial charge in [0.1, 0.15) is 5.75 Å². The van der Waals surface area contributed by atoms with Gasteiger partial charge in [-0.3, -0.25) is 10.1 Å². The van der Waals surface area contributed by atoms with E-state index in [2.05, 4.69) is 15.3 Å². The Balaban J connectivity index is 1.46. The molecule has 24 heavy (non-hydrogen) atoms. The van der Waals surface area contributed by atoms with Crippen LogP contribution in [0.15, 0.2) is 54.0 Å². The number of ether oxygens (including phenoxy) is 1. The van der Waals surface area contributed by atoms with Crippen molar-refractivity contribution in [3.8, 4) is 11.6 Å². The SMILES string of the molecule is O=C(Nc1nc(C2CC2)cs1)c1cccc(Oc2ccccn2)c1. The smallest absolute Gasteiger partial charge is 0.257 e. The molecule has 0 spiro atoms. The van der Waals surface area contributed by atoms with E-state index in [0.717, 1.165) is 5.69 Å². The lowest BCUT2D eigenvalue weighted by atomic mass is 10.2. The number of hydrogen-bond acceptors (Lipinski definition) is 5. The Morgan fingerprint density at radius 3 is 2.92 bits per heavy atom. The van der Waals surface area contributed by atoms with Crippen LogP contribution in [0.25, 0.3) is 0 Å². The summed E-state index contributed by atoms with van der Waals surface area (Å²) in [5, 5.41) is 5.51. The molecule has 1 amide bonds. The minimum atomic E-state index is -0.196. The van der Waals surface area contributed by atoms with Crippen LogP contribution >= 0.6 is 11.3 Å². The Kier molecular flexibility index (Phi) is 3.96. The summed E-state index contributed by atoms with van der Waals surface area (Å²) in [6, 6.07) is 12.4. The molecule has 1 fully saturated rings. The summed E-state index contributed by atoms with van der Waals surface area (Å²) >= 11 is 1.46. The van der Waals surface area contributed by atoms with Crippen LogP contribution < -0.4 is 10.1 Å². The maximum Gasteiger partial charge on any atom is 0.257 e. The molecule has 4 rings (SSSR count). The van der Waals surface area contributed by atoms with Crippen LogP contribution in [0, 0.1) is 0 Å². The largest absolute Gasteiger partial charge is 0.439 e. The highest BCUT2D eigenvalue weighted by atomic mass is 32.1. The number of nitrogens with one attached hydrogen (secondary N) is 1. The van der Waals surface area contributed by atoms with Crippen LogP contribution in [0.4, 0.5) is 5.13 Å². The Bertz CT molecular complexity index is 859. The van der Waals surface area contributed by atoms with Gasteiger partial charge in [-0.15, -0.1) is 11.3 Å². The lowest BCUT2D eigenvalue weighted by molar-refractivity contribution is 0.102. The third-order valence-corrected chi connectivity index (χ3v) is 4.47. The number of anilines is 1. The highest BCUT2D eigenvalue weighted by molar-refractivity contribution is 7.14. The Morgan fingerprint density at radius 2 is 2.12 bits per heavy atom. The highest BCUT2D eigenvalue weighted by Crippen LogP contribution is 2.40. The number of carbonyl (C=O) groups is 1. The van der Waals surface area contributed by atoms with Crippen LogP contribution in [0.2, 0.25) is 0 Å². The van der Waals surface area contributed by atoms with E-state index in [1.165, 1.54) is 24.2 Å². The second kappa shape index (κ2) is 6.41. The van der Waals surface area contributed by atoms with Crippen molar-refractivity contribution in [3.63, 3.8) is 0 Å². The fraction of sp³-hybridized carbons (Fsp3) is 0.167. The third-order valence-electron chi connectivity index (χ3n) is 3.69. The van der Waals surface area contributed by atoms with Crippen molar-refractivity contribution < 1.29 is 9.53 Å². The first kappa shape index (κ1) is 14.8. The number of pyridine rings is 1. The monoisotopic (exact) mass is 337 g/mol. The lowest BCUT2D eigenvalue weighted by Gasteiger charge is -2.06. The van der Waals surface area contributed by atoms with Gasteiger partial charge in [0.15, 0.2) is 5.13 Å². The molecule has 1 aliphatic rings. The predicted molar refractivity (Wildman–Crippen MR) is 92.8 cm³/mol. The highest BCUT2D eigenvalue weighted by Gasteiger charge is 2.26. The molecule has 1 aliphatic carbocycles. The molecular formula is C18H15N3O2S. The molecule has 0 atom stereocenters. The molecule has 1 N–H and O–H groups in total. The molecular weight excluding hydrogens is 322 g/mol. The number of aromatic nitrogens is 2. The number of amides is 1. The van der Waals surface area contributed by atoms with Gasteiger partial charge in [0.25, 0.3) is 5.91 Å². The van der Waals surface area contributed by atoms with Crippen LogP contribution in [0.5, 0.6) is 11.6 Å². The zero-order valence-corrected chi connectivity index (χ0v) is 13.6. The molecule has 0 aliphatic heterocycles. The number of nitrogens with zero attached hydrogens (tertiary/aromatic N) is 2. The summed E-state index contributed by atoms with van der Waals surface area (Å²) in [6.45, 7) is 0. The zero-order chi connectivity index (χ0) is 16.4. The lowest BCUT2D eigenvalue weighted by Crippen LogP contribution is -2.11. The Hall–Kier alpha value is -2.73. The molecule has 5 nitrogen and oxygen atoms in total. The minimum absolute atomic E-state index is 0.196. The van der Waals surface area contributed by atoms with E-state index < -0.39 is 0 Å². The first-order valence-electron chi connectivity index (χ1n) is 7.74. The van der Waals surface area contributed by atoms with Crippen LogP contribution in [-0.4, -0.2) is 15.9 Å². The average Bonchev–Trinajstić information content (AvgIpc) is 3.36. The molecule has 6 heteroatoms. The quantitative estimate of drug-likeness (QED) is 0.746. The van der Waals surface area contributed by atoms with Crippen molar-refractivity contribution in [2.45, 2.75) is 18.8 Å². The van der Waals surface area contributed by atoms with Crippen molar-refractivity contribution in [1.82, 2.24) is 9.97 Å². The van der Waals surface area contributed by atoms with Crippen molar-refractivity contribution >= 4 is 22.4 Å². The number of rotatable bonds is 5. The van der Waals surface area contributed by atoms with Gasteiger partial charge in [0.2, 0.25) is 5.88 Å². The van der Waals surface area contributed by atoms with E-state index >= 15 is 0 Å². The van der Waals surface area contributed by atoms with E-state index in [1.54, 1.807) is 36.5 Å². The van der Waals surface area contributed by atoms with Gasteiger partial charge in [-0.2, -0.15) is 0 Å². The Labute approximate surface area is 143 Å². The molecule has 0 bridgehead atoms. The first-order chi connectivity index (χ1) is 11.8. The zero-order valence-electron chi connectivity index (χ0n) is 12.8. The normalized spacial score (nSPS) is 13.5. The maximum absolute atomic E-state index is 12.4. The molecule has 1 aromatic carbocycles. The van der Waals surface area contributed by atoms with Gasteiger partial charge in [0, 0.05) is 29.1 Å². The summed E-state index contributed by atoms with van der Waals surface area (Å²) in [4.78, 5) is 21.0.